The molecule has 13 heteroatoms. The maximum atomic E-state index is 12.7. The number of ether oxygens (including phenoxy) is 1. The first-order valence-electron chi connectivity index (χ1n) is 7.72. The number of nitrogens with zero attached hydrogens (tertiary/aromatic N) is 5. The summed E-state index contributed by atoms with van der Waals surface area (Å²) in [6.07, 6.45) is -3.95. The third-order valence-corrected chi connectivity index (χ3v) is 3.35. The van der Waals surface area contributed by atoms with Gasteiger partial charge in [0.15, 0.2) is 12.4 Å². The first kappa shape index (κ1) is 20.1. The van der Waals surface area contributed by atoms with Crippen molar-refractivity contribution in [2.75, 3.05) is 11.9 Å². The monoisotopic (exact) mass is 388 g/mol. The van der Waals surface area contributed by atoms with Crippen molar-refractivity contribution < 1.29 is 27.6 Å². The zero-order valence-electron chi connectivity index (χ0n) is 14.1. The summed E-state index contributed by atoms with van der Waals surface area (Å²) in [7, 11) is 0. The van der Waals surface area contributed by atoms with Gasteiger partial charge in [-0.15, -0.1) is 5.10 Å². The topological polar surface area (TPSA) is 125 Å². The first-order chi connectivity index (χ1) is 12.7. The van der Waals surface area contributed by atoms with Gasteiger partial charge in [-0.05, 0) is 29.0 Å². The van der Waals surface area contributed by atoms with Gasteiger partial charge in [-0.2, -0.15) is 13.2 Å². The molecule has 1 heterocycles. The molecule has 0 amide bonds. The van der Waals surface area contributed by atoms with Gasteiger partial charge in [0.1, 0.15) is 12.2 Å². The van der Waals surface area contributed by atoms with Crippen LogP contribution in [0.25, 0.3) is 0 Å². The SMILES string of the molecule is CCCn1nnnc1COC(=O)CNc1ccc(C(F)(F)F)cc1[N+](=O)[O-]. The summed E-state index contributed by atoms with van der Waals surface area (Å²) in [5.41, 5.74) is -2.20. The van der Waals surface area contributed by atoms with Gasteiger partial charge in [-0.25, -0.2) is 4.68 Å². The third kappa shape index (κ3) is 5.36. The predicted molar refractivity (Wildman–Crippen MR) is 84.5 cm³/mol. The molecule has 10 nitrogen and oxygen atoms in total. The fourth-order valence-electron chi connectivity index (χ4n) is 2.08. The highest BCUT2D eigenvalue weighted by Gasteiger charge is 2.33. The van der Waals surface area contributed by atoms with E-state index in [2.05, 4.69) is 20.8 Å². The van der Waals surface area contributed by atoms with Crippen LogP contribution in [0.1, 0.15) is 24.7 Å². The number of rotatable bonds is 8. The molecule has 0 fully saturated rings. The van der Waals surface area contributed by atoms with E-state index in [4.69, 9.17) is 4.74 Å². The van der Waals surface area contributed by atoms with E-state index < -0.39 is 34.9 Å². The Bertz CT molecular complexity index is 823. The van der Waals surface area contributed by atoms with Crippen LogP contribution in [0, 0.1) is 10.1 Å². The van der Waals surface area contributed by atoms with Crippen LogP contribution in [-0.2, 0) is 28.9 Å². The summed E-state index contributed by atoms with van der Waals surface area (Å²) in [4.78, 5) is 21.8. The molecule has 1 aromatic heterocycles. The van der Waals surface area contributed by atoms with Crippen molar-refractivity contribution in [3.05, 3.63) is 39.7 Å². The van der Waals surface area contributed by atoms with E-state index in [-0.39, 0.29) is 12.3 Å². The molecular weight excluding hydrogens is 373 g/mol. The molecule has 0 spiro atoms. The lowest BCUT2D eigenvalue weighted by Gasteiger charge is -2.10. The lowest BCUT2D eigenvalue weighted by atomic mass is 10.1. The normalized spacial score (nSPS) is 11.3. The van der Waals surface area contributed by atoms with Crippen LogP contribution in [-0.4, -0.2) is 37.6 Å². The number of halogens is 3. The molecule has 0 aliphatic carbocycles. The maximum Gasteiger partial charge on any atom is 0.416 e. The molecule has 0 aliphatic rings. The number of tetrazole rings is 1. The van der Waals surface area contributed by atoms with Crippen molar-refractivity contribution >= 4 is 17.3 Å². The minimum absolute atomic E-state index is 0.206. The van der Waals surface area contributed by atoms with E-state index in [1.165, 1.54) is 4.68 Å². The van der Waals surface area contributed by atoms with Crippen LogP contribution < -0.4 is 5.32 Å². The van der Waals surface area contributed by atoms with Crippen LogP contribution in [0.2, 0.25) is 0 Å². The Balaban J connectivity index is 1.98. The minimum atomic E-state index is -4.72. The largest absolute Gasteiger partial charge is 0.456 e. The van der Waals surface area contributed by atoms with Crippen molar-refractivity contribution in [3.63, 3.8) is 0 Å². The van der Waals surface area contributed by atoms with E-state index in [9.17, 15) is 28.1 Å². The number of carbonyl (C=O) groups excluding carboxylic acids is 1. The minimum Gasteiger partial charge on any atom is -0.456 e. The molecule has 1 aromatic carbocycles. The molecule has 0 saturated carbocycles. The molecule has 146 valence electrons. The number of benzene rings is 1. The number of hydrogen-bond acceptors (Lipinski definition) is 8. The zero-order chi connectivity index (χ0) is 20.0. The quantitative estimate of drug-likeness (QED) is 0.414. The van der Waals surface area contributed by atoms with Crippen LogP contribution in [0.5, 0.6) is 0 Å². The number of esters is 1. The highest BCUT2D eigenvalue weighted by Crippen LogP contribution is 2.34. The standard InChI is InChI=1S/C14H15F3N6O4/c1-2-5-22-12(19-20-21-22)8-27-13(24)7-18-10-4-3-9(14(15,16)17)6-11(10)23(25)26/h3-4,6,18H,2,5,7-8H2,1H3. The smallest absolute Gasteiger partial charge is 0.416 e. The summed E-state index contributed by atoms with van der Waals surface area (Å²) < 4.78 is 44.4. The van der Waals surface area contributed by atoms with Crippen molar-refractivity contribution in [2.24, 2.45) is 0 Å². The fraction of sp³-hybridized carbons (Fsp3) is 0.429. The molecule has 0 radical (unpaired) electrons. The van der Waals surface area contributed by atoms with E-state index >= 15 is 0 Å². The van der Waals surface area contributed by atoms with E-state index in [1.54, 1.807) is 0 Å². The number of alkyl halides is 3. The van der Waals surface area contributed by atoms with Crippen molar-refractivity contribution in [1.82, 2.24) is 20.2 Å². The zero-order valence-corrected chi connectivity index (χ0v) is 14.1. The Hall–Kier alpha value is -3.25. The number of hydrogen-bond donors (Lipinski definition) is 1. The Labute approximate surface area is 150 Å². The Morgan fingerprint density at radius 2 is 2.15 bits per heavy atom. The molecule has 0 bridgehead atoms. The molecule has 0 saturated heterocycles. The predicted octanol–water partition coefficient (Wildman–Crippen LogP) is 2.17. The molecule has 1 N–H and O–H groups in total. The maximum absolute atomic E-state index is 12.7. The number of anilines is 1. The van der Waals surface area contributed by atoms with Crippen molar-refractivity contribution in [3.8, 4) is 0 Å². The molecule has 0 unspecified atom stereocenters. The van der Waals surface area contributed by atoms with E-state index in [0.717, 1.165) is 12.5 Å². The first-order valence-corrected chi connectivity index (χ1v) is 7.72. The van der Waals surface area contributed by atoms with Crippen LogP contribution in [0.3, 0.4) is 0 Å². The van der Waals surface area contributed by atoms with Crippen LogP contribution >= 0.6 is 0 Å². The van der Waals surface area contributed by atoms with Gasteiger partial charge < -0.3 is 10.1 Å². The van der Waals surface area contributed by atoms with Gasteiger partial charge in [0.2, 0.25) is 0 Å². The average molecular weight is 388 g/mol. The van der Waals surface area contributed by atoms with Gasteiger partial charge in [-0.1, -0.05) is 6.92 Å². The Morgan fingerprint density at radius 3 is 2.78 bits per heavy atom. The summed E-state index contributed by atoms with van der Waals surface area (Å²) in [5.74, 6) is -0.457. The number of nitrogens with one attached hydrogen (secondary N) is 1. The average Bonchev–Trinajstić information content (AvgIpc) is 3.04. The van der Waals surface area contributed by atoms with Gasteiger partial charge in [0, 0.05) is 12.6 Å². The summed E-state index contributed by atoms with van der Waals surface area (Å²) in [6, 6.07) is 1.96. The fourth-order valence-corrected chi connectivity index (χ4v) is 2.08. The van der Waals surface area contributed by atoms with Crippen LogP contribution in [0.15, 0.2) is 18.2 Å². The van der Waals surface area contributed by atoms with Gasteiger partial charge in [-0.3, -0.25) is 14.9 Å². The summed E-state index contributed by atoms with van der Waals surface area (Å²) in [5, 5.41) is 24.3. The number of carbonyl (C=O) groups is 1. The number of nitro benzene ring substituents is 1. The molecule has 0 aliphatic heterocycles. The van der Waals surface area contributed by atoms with Gasteiger partial charge in [0.05, 0.1) is 10.5 Å². The number of nitro groups is 1. The highest BCUT2D eigenvalue weighted by atomic mass is 19.4. The third-order valence-electron chi connectivity index (χ3n) is 3.35. The molecule has 27 heavy (non-hydrogen) atoms. The molecule has 2 rings (SSSR count). The Kier molecular flexibility index (Phi) is 6.26. The second-order valence-corrected chi connectivity index (χ2v) is 5.32. The number of aromatic nitrogens is 4. The second-order valence-electron chi connectivity index (χ2n) is 5.32. The van der Waals surface area contributed by atoms with E-state index in [0.29, 0.717) is 24.5 Å². The molecule has 0 atom stereocenters. The summed E-state index contributed by atoms with van der Waals surface area (Å²) in [6.45, 7) is 1.76. The lowest BCUT2D eigenvalue weighted by Crippen LogP contribution is -2.19. The number of aryl methyl sites for hydroxylation is 1. The van der Waals surface area contributed by atoms with E-state index in [1.807, 2.05) is 6.92 Å². The van der Waals surface area contributed by atoms with Gasteiger partial charge >= 0.3 is 12.1 Å². The van der Waals surface area contributed by atoms with Crippen molar-refractivity contribution in [1.29, 1.82) is 0 Å². The Morgan fingerprint density at radius 1 is 1.41 bits per heavy atom. The second kappa shape index (κ2) is 8.42. The van der Waals surface area contributed by atoms with Crippen LogP contribution in [0.4, 0.5) is 24.5 Å². The van der Waals surface area contributed by atoms with Gasteiger partial charge in [0.25, 0.3) is 5.69 Å². The lowest BCUT2D eigenvalue weighted by molar-refractivity contribution is -0.384. The van der Waals surface area contributed by atoms with Crippen molar-refractivity contribution in [2.45, 2.75) is 32.7 Å². The highest BCUT2D eigenvalue weighted by molar-refractivity contribution is 5.76. The molecule has 2 aromatic rings. The molecular formula is C14H15F3N6O4. The summed E-state index contributed by atoms with van der Waals surface area (Å²) >= 11 is 0.